The SMILES string of the molecule is CCNC(=O)NC[C@H]1COCc2nc3cc(NC(C)=O)ccc3n21. The van der Waals surface area contributed by atoms with Crippen LogP contribution in [0.25, 0.3) is 11.0 Å². The molecule has 2 aromatic rings. The van der Waals surface area contributed by atoms with Gasteiger partial charge < -0.3 is 25.3 Å². The lowest BCUT2D eigenvalue weighted by atomic mass is 10.2. The Morgan fingerprint density at radius 3 is 2.96 bits per heavy atom. The molecule has 1 atom stereocenters. The summed E-state index contributed by atoms with van der Waals surface area (Å²) in [5.74, 6) is 0.699. The van der Waals surface area contributed by atoms with E-state index in [0.717, 1.165) is 16.9 Å². The van der Waals surface area contributed by atoms with E-state index in [9.17, 15) is 9.59 Å². The summed E-state index contributed by atoms with van der Waals surface area (Å²) >= 11 is 0. The predicted octanol–water partition coefficient (Wildman–Crippen LogP) is 1.39. The number of rotatable bonds is 4. The van der Waals surface area contributed by atoms with Crippen molar-refractivity contribution in [2.24, 2.45) is 0 Å². The summed E-state index contributed by atoms with van der Waals surface area (Å²) in [5, 5.41) is 8.32. The van der Waals surface area contributed by atoms with Gasteiger partial charge in [-0.05, 0) is 25.1 Å². The van der Waals surface area contributed by atoms with Crippen molar-refractivity contribution >= 4 is 28.7 Å². The number of hydrogen-bond donors (Lipinski definition) is 3. The molecule has 8 nitrogen and oxygen atoms in total. The molecule has 8 heteroatoms. The number of carbonyl (C=O) groups excluding carboxylic acids is 2. The van der Waals surface area contributed by atoms with Crippen LogP contribution in [-0.4, -0.2) is 41.2 Å². The summed E-state index contributed by atoms with van der Waals surface area (Å²) in [4.78, 5) is 27.4. The largest absolute Gasteiger partial charge is 0.371 e. The van der Waals surface area contributed by atoms with E-state index in [4.69, 9.17) is 4.74 Å². The lowest BCUT2D eigenvalue weighted by Gasteiger charge is -2.26. The second-order valence-electron chi connectivity index (χ2n) is 5.69. The summed E-state index contributed by atoms with van der Waals surface area (Å²) < 4.78 is 7.70. The van der Waals surface area contributed by atoms with Crippen molar-refractivity contribution in [1.29, 1.82) is 0 Å². The van der Waals surface area contributed by atoms with Crippen LogP contribution in [0.5, 0.6) is 0 Å². The lowest BCUT2D eigenvalue weighted by molar-refractivity contribution is -0.114. The van der Waals surface area contributed by atoms with E-state index in [1.807, 2.05) is 25.1 Å². The molecule has 1 aliphatic heterocycles. The normalized spacial score (nSPS) is 16.5. The van der Waals surface area contributed by atoms with Gasteiger partial charge in [0.2, 0.25) is 5.91 Å². The summed E-state index contributed by atoms with van der Waals surface area (Å²) in [6.07, 6.45) is 0. The fourth-order valence-corrected chi connectivity index (χ4v) is 2.88. The molecule has 24 heavy (non-hydrogen) atoms. The number of fused-ring (bicyclic) bond motifs is 3. The molecule has 3 N–H and O–H groups in total. The number of aromatic nitrogens is 2. The molecule has 3 amide bonds. The van der Waals surface area contributed by atoms with E-state index in [2.05, 4.69) is 25.5 Å². The standard InChI is InChI=1S/C16H21N5O3/c1-3-17-16(23)18-7-12-8-24-9-15-20-13-6-11(19-10(2)22)4-5-14(13)21(12)15/h4-6,12H,3,7-9H2,1-2H3,(H,19,22)(H2,17,18,23)/t12-/m0/s1. The Morgan fingerprint density at radius 2 is 2.21 bits per heavy atom. The number of amides is 3. The van der Waals surface area contributed by atoms with Crippen LogP contribution < -0.4 is 16.0 Å². The maximum atomic E-state index is 11.6. The van der Waals surface area contributed by atoms with Crippen LogP contribution >= 0.6 is 0 Å². The highest BCUT2D eigenvalue weighted by molar-refractivity contribution is 5.91. The minimum atomic E-state index is -0.193. The number of anilines is 1. The fraction of sp³-hybridized carbons (Fsp3) is 0.438. The summed E-state index contributed by atoms with van der Waals surface area (Å²) in [6, 6.07) is 5.41. The Morgan fingerprint density at radius 1 is 1.38 bits per heavy atom. The van der Waals surface area contributed by atoms with Gasteiger partial charge in [0.05, 0.1) is 23.7 Å². The summed E-state index contributed by atoms with van der Waals surface area (Å²) in [6.45, 7) is 5.33. The van der Waals surface area contributed by atoms with Crippen LogP contribution in [0.4, 0.5) is 10.5 Å². The Labute approximate surface area is 139 Å². The number of benzene rings is 1. The van der Waals surface area contributed by atoms with E-state index < -0.39 is 0 Å². The minimum absolute atomic E-state index is 0.0204. The summed E-state index contributed by atoms with van der Waals surface area (Å²) in [7, 11) is 0. The first-order chi connectivity index (χ1) is 11.6. The van der Waals surface area contributed by atoms with Crippen LogP contribution in [-0.2, 0) is 16.1 Å². The number of imidazole rings is 1. The molecular weight excluding hydrogens is 310 g/mol. The Balaban J connectivity index is 1.86. The van der Waals surface area contributed by atoms with Gasteiger partial charge in [-0.25, -0.2) is 9.78 Å². The molecule has 0 aliphatic carbocycles. The molecular formula is C16H21N5O3. The average molecular weight is 331 g/mol. The third-order valence-corrected chi connectivity index (χ3v) is 3.83. The Kier molecular flexibility index (Phi) is 4.66. The topological polar surface area (TPSA) is 97.3 Å². The van der Waals surface area contributed by atoms with Crippen molar-refractivity contribution in [2.75, 3.05) is 25.0 Å². The van der Waals surface area contributed by atoms with Crippen LogP contribution in [0.3, 0.4) is 0 Å². The van der Waals surface area contributed by atoms with Crippen molar-refractivity contribution in [3.05, 3.63) is 24.0 Å². The molecule has 0 unspecified atom stereocenters. The van der Waals surface area contributed by atoms with E-state index in [0.29, 0.717) is 32.0 Å². The number of nitrogens with one attached hydrogen (secondary N) is 3. The van der Waals surface area contributed by atoms with E-state index in [-0.39, 0.29) is 18.0 Å². The highest BCUT2D eigenvalue weighted by atomic mass is 16.5. The molecule has 0 saturated heterocycles. The lowest BCUT2D eigenvalue weighted by Crippen LogP contribution is -2.40. The zero-order chi connectivity index (χ0) is 17.1. The van der Waals surface area contributed by atoms with Crippen LogP contribution in [0.1, 0.15) is 25.7 Å². The van der Waals surface area contributed by atoms with Crippen LogP contribution in [0, 0.1) is 0 Å². The number of hydrogen-bond acceptors (Lipinski definition) is 4. The zero-order valence-electron chi connectivity index (χ0n) is 13.8. The van der Waals surface area contributed by atoms with Crippen LogP contribution in [0.15, 0.2) is 18.2 Å². The van der Waals surface area contributed by atoms with Gasteiger partial charge >= 0.3 is 6.03 Å². The first kappa shape index (κ1) is 16.3. The zero-order valence-corrected chi connectivity index (χ0v) is 13.8. The van der Waals surface area contributed by atoms with Gasteiger partial charge in [-0.1, -0.05) is 0 Å². The molecule has 1 aromatic heterocycles. The molecule has 3 rings (SSSR count). The second kappa shape index (κ2) is 6.88. The molecule has 0 bridgehead atoms. The highest BCUT2D eigenvalue weighted by Gasteiger charge is 2.24. The molecule has 2 heterocycles. The van der Waals surface area contributed by atoms with Crippen LogP contribution in [0.2, 0.25) is 0 Å². The van der Waals surface area contributed by atoms with Gasteiger partial charge in [-0.2, -0.15) is 0 Å². The third kappa shape index (κ3) is 3.33. The van der Waals surface area contributed by atoms with E-state index in [1.54, 1.807) is 0 Å². The third-order valence-electron chi connectivity index (χ3n) is 3.83. The van der Waals surface area contributed by atoms with Gasteiger partial charge in [0.15, 0.2) is 0 Å². The fourth-order valence-electron chi connectivity index (χ4n) is 2.88. The molecule has 0 radical (unpaired) electrons. The van der Waals surface area contributed by atoms with Gasteiger partial charge in [0, 0.05) is 25.7 Å². The molecule has 0 spiro atoms. The maximum absolute atomic E-state index is 11.6. The number of nitrogens with zero attached hydrogens (tertiary/aromatic N) is 2. The van der Waals surface area contributed by atoms with Gasteiger partial charge in [0.1, 0.15) is 12.4 Å². The van der Waals surface area contributed by atoms with E-state index in [1.165, 1.54) is 6.92 Å². The quantitative estimate of drug-likeness (QED) is 0.788. The van der Waals surface area contributed by atoms with Gasteiger partial charge in [0.25, 0.3) is 0 Å². The average Bonchev–Trinajstić information content (AvgIpc) is 2.90. The maximum Gasteiger partial charge on any atom is 0.314 e. The number of urea groups is 1. The number of ether oxygens (including phenoxy) is 1. The smallest absolute Gasteiger partial charge is 0.314 e. The molecule has 128 valence electrons. The van der Waals surface area contributed by atoms with E-state index >= 15 is 0 Å². The monoisotopic (exact) mass is 331 g/mol. The molecule has 1 aliphatic rings. The van der Waals surface area contributed by atoms with Crippen molar-refractivity contribution < 1.29 is 14.3 Å². The van der Waals surface area contributed by atoms with Crippen molar-refractivity contribution in [1.82, 2.24) is 20.2 Å². The Bertz CT molecular complexity index is 770. The van der Waals surface area contributed by atoms with Gasteiger partial charge in [-0.15, -0.1) is 0 Å². The second-order valence-corrected chi connectivity index (χ2v) is 5.69. The molecule has 0 fully saturated rings. The predicted molar refractivity (Wildman–Crippen MR) is 89.8 cm³/mol. The minimum Gasteiger partial charge on any atom is -0.371 e. The first-order valence-corrected chi connectivity index (χ1v) is 7.96. The van der Waals surface area contributed by atoms with Crippen molar-refractivity contribution in [3.63, 3.8) is 0 Å². The van der Waals surface area contributed by atoms with Crippen molar-refractivity contribution in [3.8, 4) is 0 Å². The molecule has 1 aromatic carbocycles. The molecule has 0 saturated carbocycles. The first-order valence-electron chi connectivity index (χ1n) is 7.96. The summed E-state index contributed by atoms with van der Waals surface area (Å²) in [5.41, 5.74) is 2.47. The van der Waals surface area contributed by atoms with Gasteiger partial charge in [-0.3, -0.25) is 4.79 Å². The highest BCUT2D eigenvalue weighted by Crippen LogP contribution is 2.27. The van der Waals surface area contributed by atoms with Crippen molar-refractivity contribution in [2.45, 2.75) is 26.5 Å². The Hall–Kier alpha value is -2.61. The number of carbonyl (C=O) groups is 2.